The molecule has 2 N–H and O–H groups in total. The van der Waals surface area contributed by atoms with Crippen LogP contribution in [-0.2, 0) is 0 Å². The molecule has 1 heterocycles. The Morgan fingerprint density at radius 1 is 1.21 bits per heavy atom. The minimum atomic E-state index is -0.343. The summed E-state index contributed by atoms with van der Waals surface area (Å²) in [5, 5.41) is 0.778. The van der Waals surface area contributed by atoms with Crippen molar-refractivity contribution in [3.8, 4) is 16.3 Å². The Labute approximate surface area is 113 Å². The molecule has 0 saturated carbocycles. The van der Waals surface area contributed by atoms with E-state index in [9.17, 15) is 4.39 Å². The van der Waals surface area contributed by atoms with Gasteiger partial charge in [0.25, 0.3) is 0 Å². The third kappa shape index (κ3) is 2.13. The molecule has 3 rings (SSSR count). The first-order valence-electron chi connectivity index (χ1n) is 5.67. The Balaban J connectivity index is 2.14. The minimum absolute atomic E-state index is 0.343. The number of methoxy groups -OCH3 is 1. The fourth-order valence-corrected chi connectivity index (χ4v) is 2.92. The lowest BCUT2D eigenvalue weighted by atomic mass is 10.2. The van der Waals surface area contributed by atoms with E-state index >= 15 is 0 Å². The van der Waals surface area contributed by atoms with E-state index in [4.69, 9.17) is 10.5 Å². The molecule has 0 bridgehead atoms. The van der Waals surface area contributed by atoms with Gasteiger partial charge in [-0.3, -0.25) is 0 Å². The standard InChI is InChI=1S/C14H11FN2OS/c1-18-9-3-5-12-13(7-9)19-14(17-12)10-4-2-8(15)6-11(10)16/h2-7H,16H2,1H3. The van der Waals surface area contributed by atoms with Crippen LogP contribution >= 0.6 is 11.3 Å². The van der Waals surface area contributed by atoms with Gasteiger partial charge in [-0.2, -0.15) is 0 Å². The zero-order chi connectivity index (χ0) is 13.4. The van der Waals surface area contributed by atoms with Crippen LogP contribution in [0.2, 0.25) is 0 Å². The van der Waals surface area contributed by atoms with Crippen LogP contribution in [0.3, 0.4) is 0 Å². The molecule has 0 aliphatic rings. The van der Waals surface area contributed by atoms with Gasteiger partial charge in [-0.25, -0.2) is 9.37 Å². The van der Waals surface area contributed by atoms with Gasteiger partial charge in [0.05, 0.1) is 17.3 Å². The predicted octanol–water partition coefficient (Wildman–Crippen LogP) is 3.69. The summed E-state index contributed by atoms with van der Waals surface area (Å²) in [6, 6.07) is 10.0. The van der Waals surface area contributed by atoms with Crippen molar-refractivity contribution in [2.45, 2.75) is 0 Å². The molecule has 3 aromatic rings. The van der Waals surface area contributed by atoms with Gasteiger partial charge in [0, 0.05) is 11.3 Å². The molecule has 0 radical (unpaired) electrons. The molecule has 0 fully saturated rings. The van der Waals surface area contributed by atoms with Crippen molar-refractivity contribution in [1.82, 2.24) is 4.98 Å². The van der Waals surface area contributed by atoms with Crippen LogP contribution in [0.4, 0.5) is 10.1 Å². The molecule has 0 unspecified atom stereocenters. The molecule has 0 atom stereocenters. The maximum absolute atomic E-state index is 13.1. The van der Waals surface area contributed by atoms with Crippen LogP contribution in [0.25, 0.3) is 20.8 Å². The van der Waals surface area contributed by atoms with Crippen molar-refractivity contribution in [3.63, 3.8) is 0 Å². The maximum atomic E-state index is 13.1. The first-order valence-corrected chi connectivity index (χ1v) is 6.49. The Bertz CT molecular complexity index is 754. The van der Waals surface area contributed by atoms with Crippen molar-refractivity contribution < 1.29 is 9.13 Å². The number of aromatic nitrogens is 1. The molecule has 1 aromatic heterocycles. The van der Waals surface area contributed by atoms with Crippen LogP contribution in [0.5, 0.6) is 5.75 Å². The lowest BCUT2D eigenvalue weighted by molar-refractivity contribution is 0.415. The lowest BCUT2D eigenvalue weighted by Crippen LogP contribution is -1.90. The van der Waals surface area contributed by atoms with E-state index in [-0.39, 0.29) is 5.82 Å². The molecule has 0 amide bonds. The molecule has 19 heavy (non-hydrogen) atoms. The number of benzene rings is 2. The summed E-state index contributed by atoms with van der Waals surface area (Å²) in [5.74, 6) is 0.443. The van der Waals surface area contributed by atoms with Gasteiger partial charge in [-0.05, 0) is 36.4 Å². The van der Waals surface area contributed by atoms with Gasteiger partial charge >= 0.3 is 0 Å². The highest BCUT2D eigenvalue weighted by Gasteiger charge is 2.10. The Morgan fingerprint density at radius 2 is 2.05 bits per heavy atom. The van der Waals surface area contributed by atoms with Crippen molar-refractivity contribution >= 4 is 27.2 Å². The van der Waals surface area contributed by atoms with E-state index in [0.29, 0.717) is 5.69 Å². The fourth-order valence-electron chi connectivity index (χ4n) is 1.88. The zero-order valence-corrected chi connectivity index (χ0v) is 11.0. The smallest absolute Gasteiger partial charge is 0.126 e. The largest absolute Gasteiger partial charge is 0.497 e. The number of hydrogen-bond acceptors (Lipinski definition) is 4. The number of nitrogens with zero attached hydrogens (tertiary/aromatic N) is 1. The quantitative estimate of drug-likeness (QED) is 0.725. The SMILES string of the molecule is COc1ccc2nc(-c3ccc(F)cc3N)sc2c1. The molecule has 96 valence electrons. The van der Waals surface area contributed by atoms with E-state index in [2.05, 4.69) is 4.98 Å². The van der Waals surface area contributed by atoms with E-state index in [1.165, 1.54) is 23.5 Å². The first kappa shape index (κ1) is 11.9. The number of thiazole rings is 1. The van der Waals surface area contributed by atoms with E-state index in [0.717, 1.165) is 26.5 Å². The van der Waals surface area contributed by atoms with Gasteiger partial charge in [0.2, 0.25) is 0 Å². The van der Waals surface area contributed by atoms with E-state index < -0.39 is 0 Å². The summed E-state index contributed by atoms with van der Waals surface area (Å²) in [5.41, 5.74) is 7.86. The predicted molar refractivity (Wildman–Crippen MR) is 76.0 cm³/mol. The van der Waals surface area contributed by atoms with Crippen LogP contribution in [0, 0.1) is 5.82 Å². The first-order chi connectivity index (χ1) is 9.17. The third-order valence-corrected chi connectivity index (χ3v) is 3.89. The van der Waals surface area contributed by atoms with Gasteiger partial charge in [0.15, 0.2) is 0 Å². The maximum Gasteiger partial charge on any atom is 0.126 e. The second kappa shape index (κ2) is 4.51. The van der Waals surface area contributed by atoms with Gasteiger partial charge < -0.3 is 10.5 Å². The number of halogens is 1. The average Bonchev–Trinajstić information content (AvgIpc) is 2.80. The Morgan fingerprint density at radius 3 is 2.79 bits per heavy atom. The molecular formula is C14H11FN2OS. The molecular weight excluding hydrogens is 263 g/mol. The molecule has 0 aliphatic carbocycles. The number of rotatable bonds is 2. The Hall–Kier alpha value is -2.14. The summed E-state index contributed by atoms with van der Waals surface area (Å²) in [7, 11) is 1.63. The van der Waals surface area contributed by atoms with Crippen LogP contribution < -0.4 is 10.5 Å². The van der Waals surface area contributed by atoms with Crippen molar-refractivity contribution in [1.29, 1.82) is 0 Å². The second-order valence-corrected chi connectivity index (χ2v) is 5.11. The Kier molecular flexibility index (Phi) is 2.83. The lowest BCUT2D eigenvalue weighted by Gasteiger charge is -2.00. The number of hydrogen-bond donors (Lipinski definition) is 1. The van der Waals surface area contributed by atoms with Crippen molar-refractivity contribution in [2.75, 3.05) is 12.8 Å². The molecule has 0 spiro atoms. The van der Waals surface area contributed by atoms with Gasteiger partial charge in [-0.15, -0.1) is 11.3 Å². The number of anilines is 1. The summed E-state index contributed by atoms with van der Waals surface area (Å²) in [6.45, 7) is 0. The number of nitrogens with two attached hydrogens (primary N) is 1. The molecule has 3 nitrogen and oxygen atoms in total. The third-order valence-electron chi connectivity index (χ3n) is 2.84. The van der Waals surface area contributed by atoms with Crippen LogP contribution in [-0.4, -0.2) is 12.1 Å². The molecule has 0 saturated heterocycles. The summed E-state index contributed by atoms with van der Waals surface area (Å²) in [6.07, 6.45) is 0. The van der Waals surface area contributed by atoms with Crippen molar-refractivity contribution in [2.24, 2.45) is 0 Å². The number of fused-ring (bicyclic) bond motifs is 1. The fraction of sp³-hybridized carbons (Fsp3) is 0.0714. The van der Waals surface area contributed by atoms with Crippen molar-refractivity contribution in [3.05, 3.63) is 42.2 Å². The summed E-state index contributed by atoms with van der Waals surface area (Å²) < 4.78 is 19.2. The summed E-state index contributed by atoms with van der Waals surface area (Å²) >= 11 is 1.51. The summed E-state index contributed by atoms with van der Waals surface area (Å²) in [4.78, 5) is 4.51. The highest BCUT2D eigenvalue weighted by atomic mass is 32.1. The molecule has 5 heteroatoms. The minimum Gasteiger partial charge on any atom is -0.497 e. The average molecular weight is 274 g/mol. The molecule has 0 aliphatic heterocycles. The topological polar surface area (TPSA) is 48.1 Å². The second-order valence-electron chi connectivity index (χ2n) is 4.08. The van der Waals surface area contributed by atoms with Crippen LogP contribution in [0.15, 0.2) is 36.4 Å². The van der Waals surface area contributed by atoms with Gasteiger partial charge in [0.1, 0.15) is 16.6 Å². The normalized spacial score (nSPS) is 10.8. The highest BCUT2D eigenvalue weighted by molar-refractivity contribution is 7.21. The van der Waals surface area contributed by atoms with E-state index in [1.807, 2.05) is 18.2 Å². The zero-order valence-electron chi connectivity index (χ0n) is 10.2. The van der Waals surface area contributed by atoms with E-state index in [1.54, 1.807) is 13.2 Å². The monoisotopic (exact) mass is 274 g/mol. The number of nitrogen functional groups attached to an aromatic ring is 1. The molecule has 2 aromatic carbocycles. The number of ether oxygens (including phenoxy) is 1. The highest BCUT2D eigenvalue weighted by Crippen LogP contribution is 2.34. The van der Waals surface area contributed by atoms with Crippen LogP contribution in [0.1, 0.15) is 0 Å². The van der Waals surface area contributed by atoms with Gasteiger partial charge in [-0.1, -0.05) is 0 Å².